The number of ether oxygens (including phenoxy) is 1. The Balaban J connectivity index is 1.67. The van der Waals surface area contributed by atoms with Gasteiger partial charge in [-0.3, -0.25) is 0 Å². The molecule has 0 radical (unpaired) electrons. The molecule has 25 heavy (non-hydrogen) atoms. The van der Waals surface area contributed by atoms with Gasteiger partial charge in [0.25, 0.3) is 0 Å². The van der Waals surface area contributed by atoms with Gasteiger partial charge in [0.2, 0.25) is 0 Å². The van der Waals surface area contributed by atoms with Gasteiger partial charge >= 0.3 is 5.97 Å². The molecule has 0 bridgehead atoms. The third-order valence-electron chi connectivity index (χ3n) is 6.84. The summed E-state index contributed by atoms with van der Waals surface area (Å²) in [5.74, 6) is 2.55. The molecule has 0 heterocycles. The van der Waals surface area contributed by atoms with Crippen molar-refractivity contribution >= 4 is 5.97 Å². The quantitative estimate of drug-likeness (QED) is 0.443. The fourth-order valence-corrected chi connectivity index (χ4v) is 4.91. The molecule has 1 aromatic rings. The van der Waals surface area contributed by atoms with Crippen LogP contribution in [-0.4, -0.2) is 5.97 Å². The first-order chi connectivity index (χ1) is 11.7. The molecule has 1 fully saturated rings. The van der Waals surface area contributed by atoms with E-state index < -0.39 is 5.97 Å². The van der Waals surface area contributed by atoms with E-state index in [1.165, 1.54) is 29.5 Å². The van der Waals surface area contributed by atoms with Crippen LogP contribution in [0.2, 0.25) is 0 Å². The molecule has 0 aliphatic heterocycles. The molecule has 2 nitrogen and oxygen atoms in total. The fourth-order valence-electron chi connectivity index (χ4n) is 4.91. The van der Waals surface area contributed by atoms with E-state index in [4.69, 9.17) is 11.2 Å². The van der Waals surface area contributed by atoms with Crippen LogP contribution in [0.15, 0.2) is 30.0 Å². The van der Waals surface area contributed by atoms with Crippen LogP contribution in [0.4, 0.5) is 0 Å². The number of fused-ring (bicyclic) bond motifs is 2. The minimum Gasteiger partial charge on any atom is -0.421 e. The minimum atomic E-state index is -0.581. The van der Waals surface area contributed by atoms with Crippen molar-refractivity contribution in [1.29, 1.82) is 0 Å². The molecule has 1 aromatic carbocycles. The first-order valence-electron chi connectivity index (χ1n) is 9.24. The van der Waals surface area contributed by atoms with E-state index in [9.17, 15) is 4.79 Å². The highest BCUT2D eigenvalue weighted by Crippen LogP contribution is 2.65. The molecular formula is C23H26O2. The summed E-state index contributed by atoms with van der Waals surface area (Å²) < 4.78 is 5.33. The molecule has 0 N–H and O–H groups in total. The zero-order valence-corrected chi connectivity index (χ0v) is 15.6. The van der Waals surface area contributed by atoms with Crippen molar-refractivity contribution < 1.29 is 9.53 Å². The molecule has 1 saturated carbocycles. The summed E-state index contributed by atoms with van der Waals surface area (Å²) in [5.41, 5.74) is 4.96. The van der Waals surface area contributed by atoms with E-state index in [-0.39, 0.29) is 16.2 Å². The van der Waals surface area contributed by atoms with Crippen molar-refractivity contribution in [2.75, 3.05) is 0 Å². The second kappa shape index (κ2) is 5.01. The number of esters is 1. The second-order valence-electron chi connectivity index (χ2n) is 9.29. The fraction of sp³-hybridized carbons (Fsp3) is 0.522. The molecule has 130 valence electrons. The van der Waals surface area contributed by atoms with E-state index in [2.05, 4.69) is 52.0 Å². The Hall–Kier alpha value is -2.01. The van der Waals surface area contributed by atoms with E-state index in [0.717, 1.165) is 18.6 Å². The Bertz CT molecular complexity index is 834. The lowest BCUT2D eigenvalue weighted by Crippen LogP contribution is -2.34. The number of terminal acetylenes is 1. The number of allylic oxidation sites excluding steroid dienone is 2. The first-order valence-corrected chi connectivity index (χ1v) is 9.24. The van der Waals surface area contributed by atoms with Crippen LogP contribution in [0.3, 0.4) is 0 Å². The Labute approximate surface area is 150 Å². The third-order valence-corrected chi connectivity index (χ3v) is 6.84. The molecular weight excluding hydrogens is 308 g/mol. The summed E-state index contributed by atoms with van der Waals surface area (Å²) in [6.07, 6.45) is 11.6. The highest BCUT2D eigenvalue weighted by Gasteiger charge is 2.61. The van der Waals surface area contributed by atoms with Crippen molar-refractivity contribution in [2.24, 2.45) is 5.92 Å². The van der Waals surface area contributed by atoms with Gasteiger partial charge in [0, 0.05) is 17.3 Å². The smallest absolute Gasteiger partial charge is 0.389 e. The van der Waals surface area contributed by atoms with Crippen molar-refractivity contribution in [3.05, 3.63) is 46.7 Å². The van der Waals surface area contributed by atoms with E-state index in [0.29, 0.717) is 5.92 Å². The largest absolute Gasteiger partial charge is 0.421 e. The summed E-state index contributed by atoms with van der Waals surface area (Å²) in [7, 11) is 0. The van der Waals surface area contributed by atoms with Crippen molar-refractivity contribution in [1.82, 2.24) is 0 Å². The predicted molar refractivity (Wildman–Crippen MR) is 99.1 cm³/mol. The highest BCUT2D eigenvalue weighted by atomic mass is 16.5. The SMILES string of the molecule is C#CC(=O)OC1=CCC2(c3ccc4c(c3)C(C)(C)CCC4(C)C)CC12. The average Bonchev–Trinajstić information content (AvgIpc) is 3.22. The maximum Gasteiger partial charge on any atom is 0.389 e. The lowest BCUT2D eigenvalue weighted by atomic mass is 9.62. The summed E-state index contributed by atoms with van der Waals surface area (Å²) in [6, 6.07) is 7.10. The normalized spacial score (nSPS) is 30.5. The van der Waals surface area contributed by atoms with Gasteiger partial charge in [-0.1, -0.05) is 45.9 Å². The van der Waals surface area contributed by atoms with Crippen molar-refractivity contribution in [3.63, 3.8) is 0 Å². The van der Waals surface area contributed by atoms with Gasteiger partial charge in [0.15, 0.2) is 0 Å². The Morgan fingerprint density at radius 1 is 1.16 bits per heavy atom. The summed E-state index contributed by atoms with van der Waals surface area (Å²) in [6.45, 7) is 9.43. The van der Waals surface area contributed by atoms with Gasteiger partial charge < -0.3 is 4.74 Å². The van der Waals surface area contributed by atoms with Gasteiger partial charge in [0.1, 0.15) is 5.76 Å². The molecule has 3 aliphatic rings. The topological polar surface area (TPSA) is 26.3 Å². The van der Waals surface area contributed by atoms with Gasteiger partial charge in [0.05, 0.1) is 0 Å². The molecule has 2 unspecified atom stereocenters. The van der Waals surface area contributed by atoms with E-state index in [1.54, 1.807) is 0 Å². The second-order valence-corrected chi connectivity index (χ2v) is 9.29. The molecule has 0 amide bonds. The number of hydrogen-bond acceptors (Lipinski definition) is 2. The van der Waals surface area contributed by atoms with Crippen LogP contribution >= 0.6 is 0 Å². The zero-order chi connectivity index (χ0) is 18.0. The summed E-state index contributed by atoms with van der Waals surface area (Å²) in [5, 5.41) is 0. The zero-order valence-electron chi connectivity index (χ0n) is 15.6. The first kappa shape index (κ1) is 16.5. The number of hydrogen-bond donors (Lipinski definition) is 0. The lowest BCUT2D eigenvalue weighted by Gasteiger charge is -2.42. The molecule has 0 saturated heterocycles. The number of benzene rings is 1. The monoisotopic (exact) mass is 334 g/mol. The van der Waals surface area contributed by atoms with Crippen molar-refractivity contribution in [3.8, 4) is 12.3 Å². The Morgan fingerprint density at radius 3 is 2.48 bits per heavy atom. The standard InChI is InChI=1S/C23H26O2/c1-6-20(24)25-19-9-10-23(14-18(19)23)15-7-8-16-17(13-15)22(4,5)12-11-21(16,2)3/h1,7-9,13,18H,10-12,14H2,2-5H3. The van der Waals surface area contributed by atoms with Gasteiger partial charge in [-0.25, -0.2) is 4.79 Å². The molecule has 4 rings (SSSR count). The van der Waals surface area contributed by atoms with E-state index in [1.807, 2.05) is 5.92 Å². The minimum absolute atomic E-state index is 0.122. The highest BCUT2D eigenvalue weighted by molar-refractivity contribution is 5.88. The third kappa shape index (κ3) is 2.36. The summed E-state index contributed by atoms with van der Waals surface area (Å²) in [4.78, 5) is 11.4. The number of carbonyl (C=O) groups is 1. The lowest BCUT2D eigenvalue weighted by molar-refractivity contribution is -0.133. The van der Waals surface area contributed by atoms with Crippen LogP contribution in [0, 0.1) is 18.3 Å². The van der Waals surface area contributed by atoms with Gasteiger partial charge in [-0.05, 0) is 59.3 Å². The van der Waals surface area contributed by atoms with Gasteiger partial charge in [-0.15, -0.1) is 6.42 Å². The maximum absolute atomic E-state index is 11.4. The van der Waals surface area contributed by atoms with Gasteiger partial charge in [-0.2, -0.15) is 0 Å². The molecule has 0 aromatic heterocycles. The predicted octanol–water partition coefficient (Wildman–Crippen LogP) is 4.76. The molecule has 3 aliphatic carbocycles. The van der Waals surface area contributed by atoms with Crippen molar-refractivity contribution in [2.45, 2.75) is 69.6 Å². The number of rotatable bonds is 2. The molecule has 2 atom stereocenters. The Kier molecular flexibility index (Phi) is 3.30. The molecule has 0 spiro atoms. The maximum atomic E-state index is 11.4. The van der Waals surface area contributed by atoms with Crippen LogP contribution in [0.25, 0.3) is 0 Å². The van der Waals surface area contributed by atoms with Crippen LogP contribution in [0.1, 0.15) is 70.1 Å². The van der Waals surface area contributed by atoms with E-state index >= 15 is 0 Å². The molecule has 2 heteroatoms. The number of carbonyl (C=O) groups excluding carboxylic acids is 1. The average molecular weight is 334 g/mol. The van der Waals surface area contributed by atoms with Crippen LogP contribution in [-0.2, 0) is 25.8 Å². The van der Waals surface area contributed by atoms with Crippen LogP contribution in [0.5, 0.6) is 0 Å². The summed E-state index contributed by atoms with van der Waals surface area (Å²) >= 11 is 0. The Morgan fingerprint density at radius 2 is 1.84 bits per heavy atom. The van der Waals surface area contributed by atoms with Crippen LogP contribution < -0.4 is 0 Å².